The molecule has 3 aliphatic heterocycles. The van der Waals surface area contributed by atoms with E-state index in [1.807, 2.05) is 39.9 Å². The van der Waals surface area contributed by atoms with Gasteiger partial charge in [-0.3, -0.25) is 43.4 Å². The minimum absolute atomic E-state index is 0.0240. The van der Waals surface area contributed by atoms with E-state index in [9.17, 15) is 28.8 Å². The molecule has 3 aliphatic rings. The van der Waals surface area contributed by atoms with Crippen LogP contribution in [0.15, 0.2) is 85.3 Å². The van der Waals surface area contributed by atoms with Crippen molar-refractivity contribution < 1.29 is 33.5 Å². The Kier molecular flexibility index (Phi) is 10.5. The summed E-state index contributed by atoms with van der Waals surface area (Å²) in [6.45, 7) is 4.59. The number of amides is 6. The zero-order valence-electron chi connectivity index (χ0n) is 31.8. The van der Waals surface area contributed by atoms with E-state index < -0.39 is 35.6 Å². The van der Waals surface area contributed by atoms with Gasteiger partial charge in [0.25, 0.3) is 17.7 Å². The highest BCUT2D eigenvalue weighted by atomic mass is 16.5. The van der Waals surface area contributed by atoms with E-state index >= 15 is 0 Å². The average molecular weight is 784 g/mol. The fourth-order valence-electron chi connectivity index (χ4n) is 7.50. The Labute approximate surface area is 333 Å². The topological polar surface area (TPSA) is 188 Å². The number of piperidine rings is 1. The number of aromatic nitrogens is 3. The Bertz CT molecular complexity index is 2440. The van der Waals surface area contributed by atoms with E-state index in [0.717, 1.165) is 33.2 Å². The van der Waals surface area contributed by atoms with Crippen LogP contribution in [0.4, 0.5) is 17.2 Å². The molecule has 296 valence electrons. The summed E-state index contributed by atoms with van der Waals surface area (Å²) in [5.41, 5.74) is 6.06. The molecule has 2 aromatic heterocycles. The predicted octanol–water partition coefficient (Wildman–Crippen LogP) is 3.47. The van der Waals surface area contributed by atoms with Gasteiger partial charge in [-0.25, -0.2) is 9.97 Å². The lowest BCUT2D eigenvalue weighted by Gasteiger charge is -2.36. The van der Waals surface area contributed by atoms with Crippen molar-refractivity contribution in [2.45, 2.75) is 38.6 Å². The van der Waals surface area contributed by atoms with Crippen LogP contribution in [0.5, 0.6) is 5.75 Å². The van der Waals surface area contributed by atoms with Crippen LogP contribution in [0.25, 0.3) is 16.9 Å². The Hall–Kier alpha value is -7.10. The molecule has 1 unspecified atom stereocenters. The number of fused-ring (bicyclic) bond motifs is 2. The summed E-state index contributed by atoms with van der Waals surface area (Å²) in [6.07, 6.45) is 6.37. The smallest absolute Gasteiger partial charge is 0.262 e. The number of hydrogen-bond donors (Lipinski definition) is 3. The molecule has 58 heavy (non-hydrogen) atoms. The fraction of sp³-hybridized carbons (Fsp3) is 0.286. The summed E-state index contributed by atoms with van der Waals surface area (Å²) >= 11 is 0. The quantitative estimate of drug-likeness (QED) is 0.124. The summed E-state index contributed by atoms with van der Waals surface area (Å²) in [6, 6.07) is 19.6. The number of imidazole rings is 1. The first kappa shape index (κ1) is 37.8. The molecule has 3 aromatic carbocycles. The number of benzene rings is 3. The Morgan fingerprint density at radius 1 is 0.914 bits per heavy atom. The van der Waals surface area contributed by atoms with Crippen LogP contribution in [0.1, 0.15) is 52.0 Å². The van der Waals surface area contributed by atoms with Crippen molar-refractivity contribution in [2.75, 3.05) is 49.5 Å². The zero-order chi connectivity index (χ0) is 40.3. The highest BCUT2D eigenvalue weighted by molar-refractivity contribution is 6.23. The van der Waals surface area contributed by atoms with E-state index in [-0.39, 0.29) is 55.2 Å². The highest BCUT2D eigenvalue weighted by Gasteiger charge is 2.44. The van der Waals surface area contributed by atoms with Gasteiger partial charge in [-0.05, 0) is 68.3 Å². The number of carbonyl (C=O) groups excluding carboxylic acids is 6. The molecule has 0 radical (unpaired) electrons. The van der Waals surface area contributed by atoms with Gasteiger partial charge in [0, 0.05) is 74.9 Å². The average Bonchev–Trinajstić information content (AvgIpc) is 3.82. The second-order valence-electron chi connectivity index (χ2n) is 14.4. The molecule has 0 bridgehead atoms. The van der Waals surface area contributed by atoms with Crippen molar-refractivity contribution in [3.8, 4) is 17.0 Å². The van der Waals surface area contributed by atoms with Crippen molar-refractivity contribution in [1.29, 1.82) is 0 Å². The Balaban J connectivity index is 0.751. The van der Waals surface area contributed by atoms with Crippen LogP contribution >= 0.6 is 0 Å². The van der Waals surface area contributed by atoms with Crippen LogP contribution in [-0.2, 0) is 19.2 Å². The third-order valence-electron chi connectivity index (χ3n) is 10.5. The van der Waals surface area contributed by atoms with Crippen molar-refractivity contribution in [3.05, 3.63) is 102 Å². The highest BCUT2D eigenvalue weighted by Crippen LogP contribution is 2.31. The number of hydrogen-bond acceptors (Lipinski definition) is 11. The normalized spacial score (nSPS) is 16.7. The van der Waals surface area contributed by atoms with Gasteiger partial charge < -0.3 is 25.2 Å². The van der Waals surface area contributed by atoms with Gasteiger partial charge in [0.05, 0.1) is 23.0 Å². The zero-order valence-corrected chi connectivity index (χ0v) is 31.8. The van der Waals surface area contributed by atoms with Crippen molar-refractivity contribution in [2.24, 2.45) is 0 Å². The number of piperazine rings is 1. The molecule has 0 spiro atoms. The van der Waals surface area contributed by atoms with Gasteiger partial charge in [0.1, 0.15) is 11.8 Å². The summed E-state index contributed by atoms with van der Waals surface area (Å²) < 4.78 is 7.60. The summed E-state index contributed by atoms with van der Waals surface area (Å²) in [5, 5.41) is 8.31. The SMILES string of the molecule is Cc1cccc(-c2cnc(Nc3ccc(N4CCN(C(=O)CCCNC(=O)COc5ccc6c(c5)C(=O)N(C5CCC(=O)NC5=O)C6=O)CC4)cc3)c3nccn23)c1. The number of nitrogens with zero attached hydrogens (tertiary/aromatic N) is 6. The standard InChI is InChI=1S/C42H41N9O7/c1-26-4-2-5-27(22-26)34-24-45-38(39-44-16-17-50(34)39)46-28-7-9-29(10-8-28)48-18-20-49(21-19-48)37(54)6-3-15-43-36(53)25-58-30-11-12-31-32(23-30)42(57)51(41(31)56)33-13-14-35(52)47-40(33)55/h2,4-5,7-12,16-17,22-24,33H,3,6,13-15,18-21,25H2,1H3,(H,43,53)(H,45,46)(H,47,52,55). The minimum Gasteiger partial charge on any atom is -0.484 e. The fourth-order valence-corrected chi connectivity index (χ4v) is 7.50. The number of carbonyl (C=O) groups is 6. The lowest BCUT2D eigenvalue weighted by molar-refractivity contribution is -0.136. The maximum absolute atomic E-state index is 13.0. The molecule has 0 aliphatic carbocycles. The Morgan fingerprint density at radius 3 is 2.48 bits per heavy atom. The molecule has 5 heterocycles. The summed E-state index contributed by atoms with van der Waals surface area (Å²) in [7, 11) is 0. The first-order chi connectivity index (χ1) is 28.1. The van der Waals surface area contributed by atoms with Gasteiger partial charge >= 0.3 is 0 Å². The Morgan fingerprint density at radius 2 is 1.71 bits per heavy atom. The van der Waals surface area contributed by atoms with Crippen LogP contribution in [0.2, 0.25) is 0 Å². The molecule has 2 fully saturated rings. The van der Waals surface area contributed by atoms with E-state index in [1.165, 1.54) is 23.8 Å². The van der Waals surface area contributed by atoms with Gasteiger partial charge in [0.2, 0.25) is 17.7 Å². The largest absolute Gasteiger partial charge is 0.484 e. The number of nitrogens with one attached hydrogen (secondary N) is 3. The molecule has 5 aromatic rings. The number of rotatable bonds is 12. The molecule has 3 N–H and O–H groups in total. The molecule has 6 amide bonds. The molecular weight excluding hydrogens is 743 g/mol. The number of imide groups is 2. The third kappa shape index (κ3) is 7.80. The minimum atomic E-state index is -1.07. The van der Waals surface area contributed by atoms with E-state index in [0.29, 0.717) is 38.4 Å². The van der Waals surface area contributed by atoms with Gasteiger partial charge in [-0.2, -0.15) is 0 Å². The maximum Gasteiger partial charge on any atom is 0.262 e. The van der Waals surface area contributed by atoms with Crippen molar-refractivity contribution in [1.82, 2.24) is 34.8 Å². The molecule has 8 rings (SSSR count). The molecular formula is C42H41N9O7. The lowest BCUT2D eigenvalue weighted by atomic mass is 10.0. The van der Waals surface area contributed by atoms with Gasteiger partial charge in [0.15, 0.2) is 18.1 Å². The van der Waals surface area contributed by atoms with E-state index in [1.54, 1.807) is 6.20 Å². The predicted molar refractivity (Wildman–Crippen MR) is 213 cm³/mol. The second-order valence-corrected chi connectivity index (χ2v) is 14.4. The third-order valence-corrected chi connectivity index (χ3v) is 10.5. The lowest BCUT2D eigenvalue weighted by Crippen LogP contribution is -2.54. The number of ether oxygens (including phenoxy) is 1. The first-order valence-electron chi connectivity index (χ1n) is 19.2. The molecule has 2 saturated heterocycles. The monoisotopic (exact) mass is 783 g/mol. The van der Waals surface area contributed by atoms with Crippen LogP contribution in [0, 0.1) is 6.92 Å². The second kappa shape index (κ2) is 16.2. The number of anilines is 3. The first-order valence-corrected chi connectivity index (χ1v) is 19.2. The van der Waals surface area contributed by atoms with Crippen molar-refractivity contribution >= 4 is 58.3 Å². The maximum atomic E-state index is 13.0. The summed E-state index contributed by atoms with van der Waals surface area (Å²) in [4.78, 5) is 89.4. The van der Waals surface area contributed by atoms with E-state index in [2.05, 4.69) is 63.1 Å². The molecule has 16 heteroatoms. The van der Waals surface area contributed by atoms with Gasteiger partial charge in [-0.1, -0.05) is 23.8 Å². The molecule has 1 atom stereocenters. The van der Waals surface area contributed by atoms with Gasteiger partial charge in [-0.15, -0.1) is 0 Å². The number of aryl methyl sites for hydroxylation is 1. The van der Waals surface area contributed by atoms with Crippen LogP contribution in [0.3, 0.4) is 0 Å². The van der Waals surface area contributed by atoms with Crippen molar-refractivity contribution in [3.63, 3.8) is 0 Å². The summed E-state index contributed by atoms with van der Waals surface area (Å²) in [5.74, 6) is -1.94. The van der Waals surface area contributed by atoms with Crippen LogP contribution in [-0.4, -0.2) is 105 Å². The van der Waals surface area contributed by atoms with Crippen LogP contribution < -0.4 is 25.6 Å². The van der Waals surface area contributed by atoms with E-state index in [4.69, 9.17) is 9.72 Å². The molecule has 16 nitrogen and oxygen atoms in total. The molecule has 0 saturated carbocycles.